The summed E-state index contributed by atoms with van der Waals surface area (Å²) in [6.45, 7) is -0.0512. The van der Waals surface area contributed by atoms with E-state index >= 15 is 0 Å². The molecule has 7 nitrogen and oxygen atoms in total. The molecule has 0 fully saturated rings. The largest absolute Gasteiger partial charge is 0.482 e. The van der Waals surface area contributed by atoms with E-state index < -0.39 is 6.04 Å². The van der Waals surface area contributed by atoms with Crippen LogP contribution in [-0.2, 0) is 11.8 Å². The van der Waals surface area contributed by atoms with E-state index in [0.29, 0.717) is 28.4 Å². The van der Waals surface area contributed by atoms with Crippen molar-refractivity contribution in [2.75, 3.05) is 11.9 Å². The van der Waals surface area contributed by atoms with E-state index in [1.165, 1.54) is 12.1 Å². The third kappa shape index (κ3) is 3.44. The molecule has 28 heavy (non-hydrogen) atoms. The van der Waals surface area contributed by atoms with Crippen LogP contribution in [0.3, 0.4) is 0 Å². The van der Waals surface area contributed by atoms with Gasteiger partial charge in [0.15, 0.2) is 6.61 Å². The minimum atomic E-state index is -0.574. The number of benzene rings is 2. The van der Waals surface area contributed by atoms with Crippen LogP contribution in [0.4, 0.5) is 10.1 Å². The predicted octanol–water partition coefficient (Wildman–Crippen LogP) is 2.41. The van der Waals surface area contributed by atoms with Gasteiger partial charge in [-0.25, -0.2) is 9.37 Å². The van der Waals surface area contributed by atoms with Crippen LogP contribution in [0, 0.1) is 5.82 Å². The van der Waals surface area contributed by atoms with Crippen LogP contribution in [0.5, 0.6) is 5.75 Å². The van der Waals surface area contributed by atoms with Crippen molar-refractivity contribution in [3.63, 3.8) is 0 Å². The first-order valence-electron chi connectivity index (χ1n) is 8.61. The van der Waals surface area contributed by atoms with E-state index in [9.17, 15) is 14.0 Å². The summed E-state index contributed by atoms with van der Waals surface area (Å²) in [6.07, 6.45) is 3.40. The van der Waals surface area contributed by atoms with Gasteiger partial charge in [0.05, 0.1) is 5.69 Å². The maximum atomic E-state index is 13.3. The first kappa shape index (κ1) is 17.7. The number of hydrogen-bond acceptors (Lipinski definition) is 4. The Labute approximate surface area is 160 Å². The number of nitrogens with zero attached hydrogens (tertiary/aromatic N) is 2. The van der Waals surface area contributed by atoms with E-state index in [1.54, 1.807) is 47.3 Å². The van der Waals surface area contributed by atoms with Crippen molar-refractivity contribution >= 4 is 17.5 Å². The van der Waals surface area contributed by atoms with Gasteiger partial charge in [-0.1, -0.05) is 12.1 Å². The van der Waals surface area contributed by atoms with Crippen molar-refractivity contribution in [3.8, 4) is 5.75 Å². The highest BCUT2D eigenvalue weighted by Gasteiger charge is 2.23. The van der Waals surface area contributed by atoms with E-state index in [-0.39, 0.29) is 24.2 Å². The van der Waals surface area contributed by atoms with Crippen LogP contribution < -0.4 is 15.4 Å². The number of nitrogens with one attached hydrogen (secondary N) is 2. The molecule has 1 aliphatic rings. The number of aromatic nitrogens is 2. The number of rotatable bonds is 4. The molecule has 0 aliphatic carbocycles. The van der Waals surface area contributed by atoms with Crippen molar-refractivity contribution < 1.29 is 18.7 Å². The third-order valence-electron chi connectivity index (χ3n) is 4.47. The molecular formula is C20H17FN4O3. The number of aryl methyl sites for hydroxylation is 1. The molecule has 2 aromatic carbocycles. The van der Waals surface area contributed by atoms with Gasteiger partial charge in [0.1, 0.15) is 23.4 Å². The second-order valence-electron chi connectivity index (χ2n) is 6.40. The fourth-order valence-corrected chi connectivity index (χ4v) is 3.05. The summed E-state index contributed by atoms with van der Waals surface area (Å²) in [7, 11) is 1.82. The number of amides is 2. The molecule has 0 unspecified atom stereocenters. The topological polar surface area (TPSA) is 85.3 Å². The summed E-state index contributed by atoms with van der Waals surface area (Å²) in [4.78, 5) is 28.7. The lowest BCUT2D eigenvalue weighted by molar-refractivity contribution is -0.118. The number of imidazole rings is 1. The minimum absolute atomic E-state index is 0.0512. The fraction of sp³-hybridized carbons (Fsp3) is 0.150. The fourth-order valence-electron chi connectivity index (χ4n) is 3.05. The lowest BCUT2D eigenvalue weighted by atomic mass is 10.0. The van der Waals surface area contributed by atoms with E-state index in [4.69, 9.17) is 4.74 Å². The van der Waals surface area contributed by atoms with E-state index in [2.05, 4.69) is 15.6 Å². The number of hydrogen-bond donors (Lipinski definition) is 2. The summed E-state index contributed by atoms with van der Waals surface area (Å²) >= 11 is 0. The zero-order valence-corrected chi connectivity index (χ0v) is 15.0. The molecule has 0 spiro atoms. The Hall–Kier alpha value is -3.68. The molecule has 0 bridgehead atoms. The average molecular weight is 380 g/mol. The van der Waals surface area contributed by atoms with E-state index in [0.717, 1.165) is 0 Å². The SMILES string of the molecule is Cn1ccnc1[C@H](NC(=O)c1ccc2c(c1)NC(=O)CO2)c1ccc(F)cc1. The van der Waals surface area contributed by atoms with Gasteiger partial charge in [-0.05, 0) is 35.9 Å². The quantitative estimate of drug-likeness (QED) is 0.728. The Bertz CT molecular complexity index is 1050. The highest BCUT2D eigenvalue weighted by atomic mass is 19.1. The zero-order valence-electron chi connectivity index (χ0n) is 15.0. The molecule has 0 saturated carbocycles. The third-order valence-corrected chi connectivity index (χ3v) is 4.47. The lowest BCUT2D eigenvalue weighted by Gasteiger charge is -2.21. The van der Waals surface area contributed by atoms with Crippen LogP contribution in [0.2, 0.25) is 0 Å². The van der Waals surface area contributed by atoms with Crippen molar-refractivity contribution in [1.29, 1.82) is 0 Å². The molecule has 0 radical (unpaired) electrons. The van der Waals surface area contributed by atoms with Gasteiger partial charge in [0, 0.05) is 25.0 Å². The normalized spacial score (nSPS) is 13.9. The Kier molecular flexibility index (Phi) is 4.52. The van der Waals surface area contributed by atoms with Gasteiger partial charge in [-0.2, -0.15) is 0 Å². The van der Waals surface area contributed by atoms with Gasteiger partial charge in [0.2, 0.25) is 0 Å². The van der Waals surface area contributed by atoms with Crippen molar-refractivity contribution in [2.45, 2.75) is 6.04 Å². The molecule has 8 heteroatoms. The summed E-state index contributed by atoms with van der Waals surface area (Å²) in [5.41, 5.74) is 1.49. The molecule has 1 aliphatic heterocycles. The molecule has 2 N–H and O–H groups in total. The Morgan fingerprint density at radius 3 is 2.79 bits per heavy atom. The van der Waals surface area contributed by atoms with Crippen molar-refractivity contribution in [1.82, 2.24) is 14.9 Å². The number of carbonyl (C=O) groups is 2. The highest BCUT2D eigenvalue weighted by molar-refractivity contribution is 6.00. The Balaban J connectivity index is 1.64. The predicted molar refractivity (Wildman–Crippen MR) is 99.5 cm³/mol. The molecule has 2 amide bonds. The number of fused-ring (bicyclic) bond motifs is 1. The Morgan fingerprint density at radius 1 is 1.29 bits per heavy atom. The highest BCUT2D eigenvalue weighted by Crippen LogP contribution is 2.29. The maximum absolute atomic E-state index is 13.3. The minimum Gasteiger partial charge on any atom is -0.482 e. The molecule has 142 valence electrons. The van der Waals surface area contributed by atoms with Gasteiger partial charge in [-0.3, -0.25) is 9.59 Å². The number of anilines is 1. The zero-order chi connectivity index (χ0) is 19.7. The maximum Gasteiger partial charge on any atom is 0.262 e. The molecule has 0 saturated heterocycles. The standard InChI is InChI=1S/C20H17FN4O3/c1-25-9-8-22-19(25)18(12-2-5-14(21)6-3-12)24-20(27)13-4-7-16-15(10-13)23-17(26)11-28-16/h2-10,18H,11H2,1H3,(H,23,26)(H,24,27)/t18-/m1/s1. The summed E-state index contributed by atoms with van der Waals surface area (Å²) in [6, 6.07) is 10.1. The van der Waals surface area contributed by atoms with Crippen LogP contribution in [0.1, 0.15) is 27.8 Å². The first-order chi connectivity index (χ1) is 13.5. The molecule has 2 heterocycles. The average Bonchev–Trinajstić information content (AvgIpc) is 3.11. The van der Waals surface area contributed by atoms with Crippen LogP contribution in [0.15, 0.2) is 54.9 Å². The van der Waals surface area contributed by atoms with Gasteiger partial charge < -0.3 is 19.9 Å². The molecule has 1 atom stereocenters. The molecule has 3 aromatic rings. The second kappa shape index (κ2) is 7.15. The second-order valence-corrected chi connectivity index (χ2v) is 6.40. The lowest BCUT2D eigenvalue weighted by Crippen LogP contribution is -2.31. The molecular weight excluding hydrogens is 363 g/mol. The number of carbonyl (C=O) groups excluding carboxylic acids is 2. The number of ether oxygens (including phenoxy) is 1. The molecule has 1 aromatic heterocycles. The monoisotopic (exact) mass is 380 g/mol. The van der Waals surface area contributed by atoms with Gasteiger partial charge >= 0.3 is 0 Å². The van der Waals surface area contributed by atoms with Gasteiger partial charge in [-0.15, -0.1) is 0 Å². The van der Waals surface area contributed by atoms with Crippen molar-refractivity contribution in [3.05, 3.63) is 77.6 Å². The first-order valence-corrected chi connectivity index (χ1v) is 8.61. The number of halogens is 1. The summed E-state index contributed by atoms with van der Waals surface area (Å²) < 4.78 is 20.4. The van der Waals surface area contributed by atoms with Crippen LogP contribution >= 0.6 is 0 Å². The summed E-state index contributed by atoms with van der Waals surface area (Å²) in [5.74, 6) is 0.117. The van der Waals surface area contributed by atoms with Crippen molar-refractivity contribution in [2.24, 2.45) is 7.05 Å². The van der Waals surface area contributed by atoms with Gasteiger partial charge in [0.25, 0.3) is 11.8 Å². The van der Waals surface area contributed by atoms with Crippen LogP contribution in [-0.4, -0.2) is 28.0 Å². The molecule has 4 rings (SSSR count). The van der Waals surface area contributed by atoms with Crippen LogP contribution in [0.25, 0.3) is 0 Å². The smallest absolute Gasteiger partial charge is 0.262 e. The van der Waals surface area contributed by atoms with E-state index in [1.807, 2.05) is 7.05 Å². The summed E-state index contributed by atoms with van der Waals surface area (Å²) in [5, 5.41) is 5.61. The Morgan fingerprint density at radius 2 is 2.07 bits per heavy atom.